The largest absolute Gasteiger partial charge is 0.494 e. The van der Waals surface area contributed by atoms with Crippen molar-refractivity contribution < 1.29 is 56.3 Å². The number of esters is 2. The molecule has 2 atom stereocenters. The van der Waals surface area contributed by atoms with Gasteiger partial charge in [0.05, 0.1) is 52.6 Å². The van der Waals surface area contributed by atoms with Crippen LogP contribution in [0.15, 0.2) is 140 Å². The number of hydrogen-bond donors (Lipinski definition) is 2. The van der Waals surface area contributed by atoms with Gasteiger partial charge < -0.3 is 57.6 Å². The molecule has 4 aromatic carbocycles. The molecule has 21 nitrogen and oxygen atoms in total. The summed E-state index contributed by atoms with van der Waals surface area (Å²) < 4.78 is 73.9. The van der Waals surface area contributed by atoms with Crippen LogP contribution in [0.1, 0.15) is 59.0 Å². The molecular weight excluding hydrogens is 1220 g/mol. The lowest BCUT2D eigenvalue weighted by Gasteiger charge is -2.19. The minimum atomic E-state index is -0.882. The highest BCUT2D eigenvalue weighted by molar-refractivity contribution is 6.28. The van der Waals surface area contributed by atoms with Crippen molar-refractivity contribution in [1.29, 1.82) is 0 Å². The molecule has 10 aromatic rings. The Balaban J connectivity index is 0.000000192. The second-order valence-electron chi connectivity index (χ2n) is 20.1. The second-order valence-corrected chi connectivity index (χ2v) is 20.8. The number of nitrogens with zero attached hydrogens (tertiary/aromatic N) is 11. The van der Waals surface area contributed by atoms with Crippen molar-refractivity contribution in [1.82, 2.24) is 43.6 Å². The molecule has 6 heterocycles. The first-order chi connectivity index (χ1) is 43.9. The van der Waals surface area contributed by atoms with Gasteiger partial charge in [-0.15, -0.1) is 0 Å². The fourth-order valence-corrected chi connectivity index (χ4v) is 9.51. The van der Waals surface area contributed by atoms with Crippen LogP contribution in [0.25, 0.3) is 44.1 Å². The van der Waals surface area contributed by atoms with Crippen LogP contribution in [-0.4, -0.2) is 134 Å². The van der Waals surface area contributed by atoms with Gasteiger partial charge in [-0.05, 0) is 129 Å². The molecule has 0 saturated carbocycles. The summed E-state index contributed by atoms with van der Waals surface area (Å²) in [4.78, 5) is 61.3. The number of hydrogen-bond acceptors (Lipinski definition) is 17. The molecule has 480 valence electrons. The van der Waals surface area contributed by atoms with Crippen LogP contribution in [0, 0.1) is 17.5 Å². The molecule has 0 spiro atoms. The molecule has 2 N–H and O–H groups in total. The quantitative estimate of drug-likeness (QED) is 0.0308. The van der Waals surface area contributed by atoms with Crippen LogP contribution in [0.2, 0.25) is 10.6 Å². The Kier molecular flexibility index (Phi) is 25.5. The van der Waals surface area contributed by atoms with Crippen molar-refractivity contribution in [3.8, 4) is 28.6 Å². The average Bonchev–Trinajstić information content (AvgIpc) is 1.75. The number of benzene rings is 4. The Hall–Kier alpha value is -9.68. The number of carbonyl (C=O) groups excluding carboxylic acids is 2. The van der Waals surface area contributed by atoms with Crippen molar-refractivity contribution in [3.63, 3.8) is 0 Å². The fraction of sp³-hybridized carbons (Fsp3) is 0.308. The highest BCUT2D eigenvalue weighted by Crippen LogP contribution is 2.29. The Morgan fingerprint density at radius 3 is 1.63 bits per heavy atom. The van der Waals surface area contributed by atoms with Gasteiger partial charge in [0.2, 0.25) is 10.6 Å². The Morgan fingerprint density at radius 1 is 0.593 bits per heavy atom. The maximum Gasteiger partial charge on any atom is 0.328 e. The molecule has 0 fully saturated rings. The van der Waals surface area contributed by atoms with Crippen LogP contribution >= 0.6 is 23.2 Å². The van der Waals surface area contributed by atoms with Crippen molar-refractivity contribution in [2.75, 3.05) is 82.9 Å². The molecular formula is C65H71Cl2F3N12O9. The van der Waals surface area contributed by atoms with Gasteiger partial charge in [-0.1, -0.05) is 44.2 Å². The van der Waals surface area contributed by atoms with E-state index in [1.54, 1.807) is 48.5 Å². The van der Waals surface area contributed by atoms with E-state index in [4.69, 9.17) is 42.1 Å². The van der Waals surface area contributed by atoms with E-state index >= 15 is 0 Å². The number of fused-ring (bicyclic) bond motifs is 3. The topological polar surface area (TPSA) is 228 Å². The number of ether oxygens (including phenoxy) is 5. The third-order valence-corrected chi connectivity index (χ3v) is 14.3. The zero-order valence-electron chi connectivity index (χ0n) is 51.5. The number of nitrogens with one attached hydrogen (secondary N) is 1. The van der Waals surface area contributed by atoms with Gasteiger partial charge >= 0.3 is 17.9 Å². The van der Waals surface area contributed by atoms with Crippen molar-refractivity contribution in [3.05, 3.63) is 168 Å². The summed E-state index contributed by atoms with van der Waals surface area (Å²) in [5.41, 5.74) is 3.51. The molecule has 2 unspecified atom stereocenters. The number of methoxy groups -OCH3 is 2. The molecule has 0 radical (unpaired) electrons. The maximum atomic E-state index is 14.3. The fourth-order valence-electron chi connectivity index (χ4n) is 9.24. The molecule has 0 aliphatic heterocycles. The number of halogens is 5. The van der Waals surface area contributed by atoms with Gasteiger partial charge in [0.25, 0.3) is 0 Å². The molecule has 0 aliphatic carbocycles. The zero-order valence-corrected chi connectivity index (χ0v) is 53.0. The first-order valence-corrected chi connectivity index (χ1v) is 29.8. The lowest BCUT2D eigenvalue weighted by molar-refractivity contribution is -0.144. The Morgan fingerprint density at radius 2 is 1.08 bits per heavy atom. The van der Waals surface area contributed by atoms with Gasteiger partial charge in [-0.2, -0.15) is 9.97 Å². The Labute approximate surface area is 534 Å². The molecule has 0 amide bonds. The van der Waals surface area contributed by atoms with E-state index in [9.17, 15) is 32.7 Å². The van der Waals surface area contributed by atoms with Crippen LogP contribution in [0.4, 0.5) is 30.6 Å². The van der Waals surface area contributed by atoms with Crippen LogP contribution in [0.5, 0.6) is 17.2 Å². The predicted octanol–water partition coefficient (Wildman–Crippen LogP) is 13.0. The summed E-state index contributed by atoms with van der Waals surface area (Å²) in [5.74, 6) is 0.0744. The second kappa shape index (κ2) is 33.8. The van der Waals surface area contributed by atoms with Crippen molar-refractivity contribution in [2.45, 2.75) is 65.6 Å². The first kappa shape index (κ1) is 68.8. The minimum Gasteiger partial charge on any atom is -0.494 e. The van der Waals surface area contributed by atoms with E-state index in [2.05, 4.69) is 40.0 Å². The van der Waals surface area contributed by atoms with Gasteiger partial charge in [0, 0.05) is 90.6 Å². The maximum absolute atomic E-state index is 14.3. The van der Waals surface area contributed by atoms with Crippen LogP contribution < -0.4 is 29.3 Å². The SMILES string of the molecule is CC.CC(C(=O)O)n1ccc2cc(OCCCN(C)c3nc(-c4ccccc4)ncc3F)ccc21.COC(=O)C(C)n1ccc2cc(OCCCN(C)c3nc(Cl)ncc3F)ccc21.COC(=O)Cn1ccc2cc(OCCCNc3nc(Cl)ncc3F)ccc21. The van der Waals surface area contributed by atoms with Crippen molar-refractivity contribution >= 4 is 91.3 Å². The summed E-state index contributed by atoms with van der Waals surface area (Å²) >= 11 is 11.4. The number of carboxylic acid groups (broad SMARTS) is 1. The molecule has 0 saturated heterocycles. The van der Waals surface area contributed by atoms with E-state index < -0.39 is 35.5 Å². The molecule has 91 heavy (non-hydrogen) atoms. The number of carbonyl (C=O) groups is 3. The standard InChI is InChI=1S/C25H25FN4O3.C20H22ClFN4O3.C18H18ClFN4O3.C2H6/c1-17(25(31)32)30-13-11-19-15-20(9-10-22(19)30)33-14-6-12-29(2)24-21(26)16-27-23(28-24)18-7-4-3-5-8-18;1-13(19(27)28-3)26-9-7-14-11-15(5-6-17(14)26)29-10-4-8-25(2)18-16(22)12-23-20(21)24-18;1-26-16(25)11-24-7-5-12-9-13(3-4-15(12)24)27-8-2-6-21-17-14(20)10-22-18(19)23-17;1-2/h3-5,7-11,13,15-17H,6,12,14H2,1-2H3,(H,31,32);5-7,9,11-13H,4,8,10H2,1-3H3;3-5,7,9-10H,2,6,8,11H2,1H3,(H,21,22,23);1-2H3. The van der Waals surface area contributed by atoms with Crippen molar-refractivity contribution in [2.24, 2.45) is 0 Å². The lowest BCUT2D eigenvalue weighted by Crippen LogP contribution is -2.23. The molecule has 26 heteroatoms. The summed E-state index contributed by atoms with van der Waals surface area (Å²) in [6.45, 7) is 10.5. The van der Waals surface area contributed by atoms with Crippen LogP contribution in [0.3, 0.4) is 0 Å². The summed E-state index contributed by atoms with van der Waals surface area (Å²) in [6, 6.07) is 31.0. The average molecular weight is 1290 g/mol. The van der Waals surface area contributed by atoms with E-state index in [1.165, 1.54) is 20.4 Å². The molecule has 6 aromatic heterocycles. The van der Waals surface area contributed by atoms with Gasteiger partial charge in [0.15, 0.2) is 40.7 Å². The molecule has 0 bridgehead atoms. The summed E-state index contributed by atoms with van der Waals surface area (Å²) in [5, 5.41) is 14.9. The third-order valence-electron chi connectivity index (χ3n) is 14.0. The molecule has 10 rings (SSSR count). The smallest absolute Gasteiger partial charge is 0.328 e. The number of aliphatic carboxylic acids is 1. The van der Waals surface area contributed by atoms with Gasteiger partial charge in [-0.25, -0.2) is 42.7 Å². The summed E-state index contributed by atoms with van der Waals surface area (Å²) in [6.07, 6.45) is 10.7. The lowest BCUT2D eigenvalue weighted by atomic mass is 10.2. The van der Waals surface area contributed by atoms with Crippen LogP contribution in [-0.2, 0) is 30.4 Å². The normalized spacial score (nSPS) is 11.4. The van der Waals surface area contributed by atoms with E-state index in [0.29, 0.717) is 70.3 Å². The highest BCUT2D eigenvalue weighted by Gasteiger charge is 2.19. The number of rotatable bonds is 25. The van der Waals surface area contributed by atoms with E-state index in [1.807, 2.05) is 139 Å². The van der Waals surface area contributed by atoms with E-state index in [-0.39, 0.29) is 46.5 Å². The first-order valence-electron chi connectivity index (χ1n) is 29.1. The minimum absolute atomic E-state index is 0.00579. The van der Waals surface area contributed by atoms with Gasteiger partial charge in [0.1, 0.15) is 35.9 Å². The number of anilines is 3. The zero-order chi connectivity index (χ0) is 65.6. The summed E-state index contributed by atoms with van der Waals surface area (Å²) in [7, 11) is 6.27. The highest BCUT2D eigenvalue weighted by atomic mass is 35.5. The number of carboxylic acids is 1. The molecule has 0 aliphatic rings. The third kappa shape index (κ3) is 18.9. The number of aromatic nitrogens is 9. The Bertz CT molecular complexity index is 4030. The predicted molar refractivity (Wildman–Crippen MR) is 345 cm³/mol. The van der Waals surface area contributed by atoms with E-state index in [0.717, 1.165) is 62.2 Å². The van der Waals surface area contributed by atoms with Gasteiger partial charge in [-0.3, -0.25) is 4.79 Å². The monoisotopic (exact) mass is 1290 g/mol.